The van der Waals surface area contributed by atoms with E-state index < -0.39 is 6.10 Å². The zero-order chi connectivity index (χ0) is 21.3. The normalized spacial score (nSPS) is 22.6. The molecule has 2 heterocycles. The van der Waals surface area contributed by atoms with Crippen molar-refractivity contribution in [3.8, 4) is 0 Å². The van der Waals surface area contributed by atoms with Crippen LogP contribution < -0.4 is 5.32 Å². The number of benzene rings is 2. The fraction of sp³-hybridized carbons (Fsp3) is 0.238. The van der Waals surface area contributed by atoms with Crippen LogP contribution in [0.5, 0.6) is 0 Å². The van der Waals surface area contributed by atoms with E-state index in [1.807, 2.05) is 18.2 Å². The quantitative estimate of drug-likeness (QED) is 0.418. The van der Waals surface area contributed by atoms with E-state index >= 15 is 0 Å². The molecule has 9 heteroatoms. The Hall–Kier alpha value is -2.35. The van der Waals surface area contributed by atoms with Crippen molar-refractivity contribution in [3.63, 3.8) is 0 Å². The van der Waals surface area contributed by atoms with Gasteiger partial charge in [0.1, 0.15) is 6.10 Å². The van der Waals surface area contributed by atoms with Gasteiger partial charge < -0.3 is 10.1 Å². The average molecular weight is 462 g/mol. The Morgan fingerprint density at radius 1 is 1.20 bits per heavy atom. The molecule has 0 bridgehead atoms. The Bertz CT molecular complexity index is 1090. The fourth-order valence-corrected chi connectivity index (χ4v) is 4.59. The molecule has 2 aliphatic rings. The molecule has 0 unspecified atom stereocenters. The van der Waals surface area contributed by atoms with E-state index in [4.69, 9.17) is 27.9 Å². The molecule has 0 aliphatic carbocycles. The highest BCUT2D eigenvalue weighted by Gasteiger charge is 2.32. The molecule has 0 radical (unpaired) electrons. The number of amidine groups is 1. The van der Waals surface area contributed by atoms with Crippen LogP contribution in [-0.4, -0.2) is 34.1 Å². The molecule has 1 N–H and O–H groups in total. The largest absolute Gasteiger partial charge is 0.452 e. The zero-order valence-electron chi connectivity index (χ0n) is 15.9. The third kappa shape index (κ3) is 4.38. The van der Waals surface area contributed by atoms with Crippen molar-refractivity contribution in [1.29, 1.82) is 0 Å². The minimum atomic E-state index is -0.486. The van der Waals surface area contributed by atoms with E-state index in [-0.39, 0.29) is 17.1 Å². The summed E-state index contributed by atoms with van der Waals surface area (Å²) in [7, 11) is 0. The molecular formula is C21H17Cl2N3O3S. The molecule has 0 spiro atoms. The number of hydrogen-bond donors (Lipinski definition) is 1. The third-order valence-electron chi connectivity index (χ3n) is 4.87. The summed E-state index contributed by atoms with van der Waals surface area (Å²) >= 11 is 13.6. The Labute approximate surface area is 187 Å². The summed E-state index contributed by atoms with van der Waals surface area (Å²) in [6, 6.07) is 12.7. The lowest BCUT2D eigenvalue weighted by atomic mass is 9.97. The Kier molecular flexibility index (Phi) is 6.13. The van der Waals surface area contributed by atoms with Gasteiger partial charge in [0.05, 0.1) is 26.6 Å². The summed E-state index contributed by atoms with van der Waals surface area (Å²) in [6.07, 6.45) is 0.478. The van der Waals surface area contributed by atoms with Gasteiger partial charge in [0.15, 0.2) is 5.17 Å². The molecule has 2 aromatic rings. The van der Waals surface area contributed by atoms with E-state index in [9.17, 15) is 9.59 Å². The number of thioether (sulfide) groups is 1. The van der Waals surface area contributed by atoms with Gasteiger partial charge in [-0.15, -0.1) is 5.10 Å². The number of ether oxygens (including phenoxy) is 1. The van der Waals surface area contributed by atoms with Crippen LogP contribution in [0.2, 0.25) is 10.0 Å². The number of carbonyl (C=O) groups excluding carboxylic acids is 2. The maximum atomic E-state index is 12.3. The fourth-order valence-electron chi connectivity index (χ4n) is 3.25. The average Bonchev–Trinajstić information content (AvgIpc) is 3.09. The van der Waals surface area contributed by atoms with Gasteiger partial charge in [-0.1, -0.05) is 65.3 Å². The van der Waals surface area contributed by atoms with Gasteiger partial charge in [0.2, 0.25) is 5.91 Å². The van der Waals surface area contributed by atoms with Crippen LogP contribution in [0.1, 0.15) is 28.4 Å². The van der Waals surface area contributed by atoms with Gasteiger partial charge in [-0.3, -0.25) is 4.79 Å². The molecular weight excluding hydrogens is 445 g/mol. The standard InChI is InChI=1S/C21H17Cl2N3O3S/c1-11(16-9-12-5-2-3-7-14(12)20(28)29-16)25-26-21-24-19(27)17(30-21)10-13-6-4-8-15(22)18(13)23/h2-8,16-17H,9-10H2,1H3,(H,24,26,27)/b25-11-/t16-,17+/m1/s1. The van der Waals surface area contributed by atoms with Gasteiger partial charge in [-0.05, 0) is 36.6 Å². The van der Waals surface area contributed by atoms with Crippen LogP contribution in [0, 0.1) is 0 Å². The van der Waals surface area contributed by atoms with Crippen molar-refractivity contribution in [2.24, 2.45) is 10.2 Å². The first-order valence-corrected chi connectivity index (χ1v) is 10.9. The molecule has 1 amide bonds. The van der Waals surface area contributed by atoms with Crippen LogP contribution >= 0.6 is 35.0 Å². The van der Waals surface area contributed by atoms with Gasteiger partial charge in [-0.2, -0.15) is 5.10 Å². The molecule has 0 aromatic heterocycles. The molecule has 2 aliphatic heterocycles. The molecule has 4 rings (SSSR count). The summed E-state index contributed by atoms with van der Waals surface area (Å²) in [5.74, 6) is -0.535. The zero-order valence-corrected chi connectivity index (χ0v) is 18.2. The second-order valence-electron chi connectivity index (χ2n) is 6.91. The summed E-state index contributed by atoms with van der Waals surface area (Å²) < 4.78 is 5.48. The molecule has 30 heavy (non-hydrogen) atoms. The van der Waals surface area contributed by atoms with Crippen LogP contribution in [-0.2, 0) is 22.4 Å². The second-order valence-corrected chi connectivity index (χ2v) is 8.89. The van der Waals surface area contributed by atoms with Crippen LogP contribution in [0.4, 0.5) is 0 Å². The van der Waals surface area contributed by atoms with E-state index in [0.29, 0.717) is 39.3 Å². The SMILES string of the molecule is C/C(=N/N=C1\NC(=O)[C@H](Cc2cccc(Cl)c2Cl)S1)[C@H]1Cc2ccccc2C(=O)O1. The van der Waals surface area contributed by atoms with Crippen LogP contribution in [0.15, 0.2) is 52.7 Å². The predicted molar refractivity (Wildman–Crippen MR) is 120 cm³/mol. The Morgan fingerprint density at radius 2 is 2.00 bits per heavy atom. The minimum Gasteiger partial charge on any atom is -0.452 e. The third-order valence-corrected chi connectivity index (χ3v) is 6.80. The van der Waals surface area contributed by atoms with E-state index in [1.54, 1.807) is 31.2 Å². The van der Waals surface area contributed by atoms with Crippen molar-refractivity contribution >= 4 is 57.7 Å². The first-order chi connectivity index (χ1) is 14.4. The topological polar surface area (TPSA) is 80.1 Å². The molecule has 1 saturated heterocycles. The number of nitrogens with zero attached hydrogens (tertiary/aromatic N) is 2. The number of hydrogen-bond acceptors (Lipinski definition) is 6. The van der Waals surface area contributed by atoms with E-state index in [2.05, 4.69) is 15.5 Å². The second kappa shape index (κ2) is 8.79. The maximum Gasteiger partial charge on any atom is 0.339 e. The first kappa shape index (κ1) is 20.9. The monoisotopic (exact) mass is 461 g/mol. The van der Waals surface area contributed by atoms with Crippen LogP contribution in [0.25, 0.3) is 0 Å². The number of carbonyl (C=O) groups is 2. The summed E-state index contributed by atoms with van der Waals surface area (Å²) in [4.78, 5) is 24.5. The lowest BCUT2D eigenvalue weighted by molar-refractivity contribution is -0.118. The van der Waals surface area contributed by atoms with Crippen molar-refractivity contribution in [3.05, 3.63) is 69.2 Å². The van der Waals surface area contributed by atoms with Crippen LogP contribution in [0.3, 0.4) is 0 Å². The minimum absolute atomic E-state index is 0.166. The molecule has 0 saturated carbocycles. The molecule has 2 atom stereocenters. The number of nitrogens with one attached hydrogen (secondary N) is 1. The first-order valence-electron chi connectivity index (χ1n) is 9.24. The number of amides is 1. The highest BCUT2D eigenvalue weighted by atomic mass is 35.5. The Balaban J connectivity index is 1.44. The summed E-state index contributed by atoms with van der Waals surface area (Å²) in [5, 5.41) is 12.0. The number of halogens is 2. The molecule has 2 aromatic carbocycles. The maximum absolute atomic E-state index is 12.3. The number of fused-ring (bicyclic) bond motifs is 1. The van der Waals surface area contributed by atoms with E-state index in [1.165, 1.54) is 11.8 Å². The van der Waals surface area contributed by atoms with Crippen molar-refractivity contribution in [1.82, 2.24) is 5.32 Å². The van der Waals surface area contributed by atoms with E-state index in [0.717, 1.165) is 11.1 Å². The van der Waals surface area contributed by atoms with Gasteiger partial charge in [-0.25, -0.2) is 4.79 Å². The lowest BCUT2D eigenvalue weighted by Gasteiger charge is -2.23. The smallest absolute Gasteiger partial charge is 0.339 e. The highest BCUT2D eigenvalue weighted by molar-refractivity contribution is 8.15. The van der Waals surface area contributed by atoms with Gasteiger partial charge >= 0.3 is 5.97 Å². The van der Waals surface area contributed by atoms with Crippen molar-refractivity contribution < 1.29 is 14.3 Å². The number of cyclic esters (lactones) is 1. The predicted octanol–water partition coefficient (Wildman–Crippen LogP) is 4.28. The van der Waals surface area contributed by atoms with Gasteiger partial charge in [0.25, 0.3) is 0 Å². The van der Waals surface area contributed by atoms with Gasteiger partial charge in [0, 0.05) is 6.42 Å². The molecule has 154 valence electrons. The van der Waals surface area contributed by atoms with Crippen molar-refractivity contribution in [2.45, 2.75) is 31.1 Å². The van der Waals surface area contributed by atoms with Crippen molar-refractivity contribution in [2.75, 3.05) is 0 Å². The Morgan fingerprint density at radius 3 is 2.83 bits per heavy atom. The molecule has 1 fully saturated rings. The number of esters is 1. The highest BCUT2D eigenvalue weighted by Crippen LogP contribution is 2.30. The summed E-state index contributed by atoms with van der Waals surface area (Å²) in [5.41, 5.74) is 2.85. The number of rotatable bonds is 4. The summed E-state index contributed by atoms with van der Waals surface area (Å²) in [6.45, 7) is 1.75. The molecule has 6 nitrogen and oxygen atoms in total. The lowest BCUT2D eigenvalue weighted by Crippen LogP contribution is -2.33.